The Balaban J connectivity index is 1.01. The summed E-state index contributed by atoms with van der Waals surface area (Å²) in [6.45, 7) is 3.90. The van der Waals surface area contributed by atoms with E-state index in [2.05, 4.69) is 81.7 Å². The number of carbonyl (C=O) groups excluding carboxylic acids is 2. The van der Waals surface area contributed by atoms with Crippen molar-refractivity contribution in [1.82, 2.24) is 30.7 Å². The van der Waals surface area contributed by atoms with Gasteiger partial charge in [0.1, 0.15) is 5.65 Å². The lowest BCUT2D eigenvalue weighted by molar-refractivity contribution is -0.120. The maximum Gasteiger partial charge on any atom is 0.262 e. The molecule has 8 rings (SSSR count). The Bertz CT molecular complexity index is 2230. The van der Waals surface area contributed by atoms with Crippen molar-refractivity contribution in [3.8, 4) is 33.4 Å². The zero-order valence-electron chi connectivity index (χ0n) is 28.6. The van der Waals surface area contributed by atoms with Gasteiger partial charge in [-0.25, -0.2) is 4.98 Å². The first-order valence-corrected chi connectivity index (χ1v) is 18.3. The number of nitrogens with one attached hydrogen (secondary N) is 4. The van der Waals surface area contributed by atoms with Crippen molar-refractivity contribution in [1.29, 1.82) is 0 Å². The molecule has 2 aliphatic heterocycles. The lowest BCUT2D eigenvalue weighted by Gasteiger charge is -2.18. The van der Waals surface area contributed by atoms with E-state index in [0.29, 0.717) is 48.2 Å². The van der Waals surface area contributed by atoms with Crippen molar-refractivity contribution in [3.05, 3.63) is 117 Å². The lowest BCUT2D eigenvalue weighted by Crippen LogP contribution is -2.36. The first-order valence-electron chi connectivity index (χ1n) is 17.9. The van der Waals surface area contributed by atoms with Gasteiger partial charge in [-0.15, -0.1) is 0 Å². The van der Waals surface area contributed by atoms with Gasteiger partial charge in [-0.2, -0.15) is 0 Å². The van der Waals surface area contributed by atoms with Crippen LogP contribution in [-0.2, 0) is 22.6 Å². The summed E-state index contributed by atoms with van der Waals surface area (Å²) in [4.78, 5) is 41.0. The topological polar surface area (TPSA) is 117 Å². The fourth-order valence-corrected chi connectivity index (χ4v) is 8.27. The third-order valence-electron chi connectivity index (χ3n) is 10.7. The molecular formula is C41H41ClN6O3. The van der Waals surface area contributed by atoms with E-state index >= 15 is 0 Å². The van der Waals surface area contributed by atoms with Crippen LogP contribution in [0.5, 0.6) is 0 Å². The molecule has 5 aromatic rings. The van der Waals surface area contributed by atoms with Crippen molar-refractivity contribution in [2.75, 3.05) is 13.1 Å². The number of hydrogen-bond acceptors (Lipinski definition) is 6. The maximum atomic E-state index is 13.3. The van der Waals surface area contributed by atoms with Gasteiger partial charge >= 0.3 is 0 Å². The van der Waals surface area contributed by atoms with Crippen LogP contribution in [0.3, 0.4) is 0 Å². The number of rotatable bonds is 10. The predicted octanol–water partition coefficient (Wildman–Crippen LogP) is 5.88. The van der Waals surface area contributed by atoms with Gasteiger partial charge in [-0.3, -0.25) is 18.8 Å². The largest absolute Gasteiger partial charge is 0.352 e. The zero-order chi connectivity index (χ0) is 35.1. The Hall–Kier alpha value is -4.83. The highest BCUT2D eigenvalue weighted by molar-refractivity contribution is 6.36. The molecule has 4 N–H and O–H groups in total. The molecule has 2 aromatic heterocycles. The minimum Gasteiger partial charge on any atom is -0.352 e. The summed E-state index contributed by atoms with van der Waals surface area (Å²) in [6, 6.07) is 23.7. The van der Waals surface area contributed by atoms with Gasteiger partial charge in [0, 0.05) is 79.7 Å². The molecule has 0 spiro atoms. The van der Waals surface area contributed by atoms with Gasteiger partial charge in [0.25, 0.3) is 5.56 Å². The molecule has 0 radical (unpaired) electrons. The van der Waals surface area contributed by atoms with Gasteiger partial charge in [0.05, 0.1) is 5.02 Å². The number of aryl methyl sites for hydroxylation is 1. The van der Waals surface area contributed by atoms with E-state index in [0.717, 1.165) is 71.2 Å². The average molecular weight is 701 g/mol. The SMILES string of the molecule is Cc1c(-c2ccn3c(=O)c(CNC[C@@H]4CCC(=O)N4)cnc3c2)cccc1-c1cccc(-c2ccc3c(c2)CC[C@@H]3NC[C@H]2CCC(=O)N2)c1Cl. The molecule has 260 valence electrons. The average Bonchev–Trinajstić information content (AvgIpc) is 3.87. The van der Waals surface area contributed by atoms with Gasteiger partial charge in [0.2, 0.25) is 11.8 Å². The molecule has 3 atom stereocenters. The maximum absolute atomic E-state index is 13.3. The number of fused-ring (bicyclic) bond motifs is 2. The van der Waals surface area contributed by atoms with Gasteiger partial charge < -0.3 is 21.3 Å². The Morgan fingerprint density at radius 3 is 2.27 bits per heavy atom. The molecule has 0 saturated carbocycles. The molecule has 9 nitrogen and oxygen atoms in total. The van der Waals surface area contributed by atoms with Crippen LogP contribution >= 0.6 is 11.6 Å². The highest BCUT2D eigenvalue weighted by atomic mass is 35.5. The molecule has 1 aliphatic carbocycles. The highest BCUT2D eigenvalue weighted by Crippen LogP contribution is 2.41. The van der Waals surface area contributed by atoms with Crippen LogP contribution < -0.4 is 26.8 Å². The van der Waals surface area contributed by atoms with Crippen LogP contribution in [0.15, 0.2) is 83.9 Å². The third kappa shape index (κ3) is 6.69. The first-order chi connectivity index (χ1) is 24.8. The summed E-state index contributed by atoms with van der Waals surface area (Å²) < 4.78 is 1.58. The minimum absolute atomic E-state index is 0.0780. The molecule has 3 aliphatic rings. The number of halogens is 1. The number of amides is 2. The van der Waals surface area contributed by atoms with Crippen molar-refractivity contribution in [3.63, 3.8) is 0 Å². The predicted molar refractivity (Wildman–Crippen MR) is 201 cm³/mol. The smallest absolute Gasteiger partial charge is 0.262 e. The molecule has 2 fully saturated rings. The summed E-state index contributed by atoms with van der Waals surface area (Å²) in [6.07, 6.45) is 8.35. The minimum atomic E-state index is -0.110. The lowest BCUT2D eigenvalue weighted by atomic mass is 9.91. The second kappa shape index (κ2) is 14.1. The van der Waals surface area contributed by atoms with Gasteiger partial charge in [-0.1, -0.05) is 66.2 Å². The van der Waals surface area contributed by atoms with Crippen LogP contribution in [0.2, 0.25) is 5.02 Å². The molecule has 4 heterocycles. The molecule has 51 heavy (non-hydrogen) atoms. The van der Waals surface area contributed by atoms with Gasteiger partial charge in [0.15, 0.2) is 0 Å². The Kier molecular flexibility index (Phi) is 9.19. The standard InChI is InChI=1S/C41H41ClN6O3/c1-24-31(27-16-17-48-37(19-27)45-21-28(41(48)51)20-43-22-29-10-14-38(49)46-29)4-2-5-32(24)35-7-3-6-34(40(35)42)26-8-12-33-25(18-26)9-13-36(33)44-23-30-11-15-39(50)47-30/h2-8,12,16-19,21,29-30,36,43-44H,9-11,13-15,20,22-23H2,1H3,(H,46,49)(H,47,50)/t29-,30+,36-/m0/s1. The number of carbonyl (C=O) groups is 2. The van der Waals surface area contributed by atoms with Crippen LogP contribution in [0.4, 0.5) is 0 Å². The summed E-state index contributed by atoms with van der Waals surface area (Å²) >= 11 is 7.23. The molecule has 10 heteroatoms. The van der Waals surface area contributed by atoms with E-state index < -0.39 is 0 Å². The Morgan fingerprint density at radius 2 is 1.51 bits per heavy atom. The third-order valence-corrected chi connectivity index (χ3v) is 11.1. The van der Waals surface area contributed by atoms with Crippen molar-refractivity contribution in [2.45, 2.75) is 70.1 Å². The second-order valence-corrected chi connectivity index (χ2v) is 14.4. The number of pyridine rings is 1. The quantitative estimate of drug-likeness (QED) is 0.145. The number of nitrogens with zero attached hydrogens (tertiary/aromatic N) is 2. The molecule has 2 saturated heterocycles. The van der Waals surface area contributed by atoms with Crippen LogP contribution in [0.1, 0.15) is 60.4 Å². The van der Waals surface area contributed by atoms with Crippen molar-refractivity contribution < 1.29 is 9.59 Å². The van der Waals surface area contributed by atoms with E-state index in [9.17, 15) is 14.4 Å². The number of hydrogen-bond donors (Lipinski definition) is 4. The first kappa shape index (κ1) is 33.3. The molecule has 0 unspecified atom stereocenters. The zero-order valence-corrected chi connectivity index (χ0v) is 29.4. The Morgan fingerprint density at radius 1 is 0.804 bits per heavy atom. The highest BCUT2D eigenvalue weighted by Gasteiger charge is 2.26. The number of benzene rings is 3. The van der Waals surface area contributed by atoms with Crippen molar-refractivity contribution >= 4 is 29.1 Å². The number of aromatic nitrogens is 2. The van der Waals surface area contributed by atoms with Crippen molar-refractivity contribution in [2.24, 2.45) is 0 Å². The molecule has 3 aromatic carbocycles. The summed E-state index contributed by atoms with van der Waals surface area (Å²) in [5.41, 5.74) is 10.9. The van der Waals surface area contributed by atoms with E-state index in [1.807, 2.05) is 18.2 Å². The van der Waals surface area contributed by atoms with Crippen LogP contribution in [0.25, 0.3) is 39.0 Å². The van der Waals surface area contributed by atoms with Crippen LogP contribution in [0, 0.1) is 6.92 Å². The van der Waals surface area contributed by atoms with E-state index in [4.69, 9.17) is 11.6 Å². The fourth-order valence-electron chi connectivity index (χ4n) is 7.93. The molecule has 2 amide bonds. The summed E-state index contributed by atoms with van der Waals surface area (Å²) in [5.74, 6) is 0.227. The summed E-state index contributed by atoms with van der Waals surface area (Å²) in [5, 5.41) is 13.7. The van der Waals surface area contributed by atoms with Crippen LogP contribution in [-0.4, -0.2) is 46.4 Å². The normalized spacial score (nSPS) is 19.8. The monoisotopic (exact) mass is 700 g/mol. The van der Waals surface area contributed by atoms with Gasteiger partial charge in [-0.05, 0) is 83.7 Å². The summed E-state index contributed by atoms with van der Waals surface area (Å²) in [7, 11) is 0. The van der Waals surface area contributed by atoms with E-state index in [-0.39, 0.29) is 29.5 Å². The second-order valence-electron chi connectivity index (χ2n) is 14.0. The molecule has 0 bridgehead atoms. The Labute approximate surface area is 301 Å². The molecular weight excluding hydrogens is 660 g/mol. The van der Waals surface area contributed by atoms with E-state index in [1.165, 1.54) is 11.1 Å². The fraction of sp³-hybridized carbons (Fsp3) is 0.317. The van der Waals surface area contributed by atoms with E-state index in [1.54, 1.807) is 16.8 Å².